The Morgan fingerprint density at radius 3 is 2.25 bits per heavy atom. The number of anilines is 1. The number of alkyl halides is 3. The van der Waals surface area contributed by atoms with E-state index in [1.54, 1.807) is 4.90 Å². The van der Waals surface area contributed by atoms with Crippen molar-refractivity contribution in [2.45, 2.75) is 26.6 Å². The van der Waals surface area contributed by atoms with Gasteiger partial charge >= 0.3 is 6.18 Å². The Balaban J connectivity index is 1.88. The monoisotopic (exact) mass is 403 g/mol. The van der Waals surface area contributed by atoms with Crippen molar-refractivity contribution < 1.29 is 18.0 Å². The first-order valence-electron chi connectivity index (χ1n) is 8.87. The number of hydrogen-bond donors (Lipinski definition) is 0. The molecule has 6 heteroatoms. The molecule has 1 amide bonds. The first-order chi connectivity index (χ1) is 13.3. The molecule has 28 heavy (non-hydrogen) atoms. The molecule has 0 saturated carbocycles. The van der Waals surface area contributed by atoms with E-state index in [1.807, 2.05) is 55.6 Å². The van der Waals surface area contributed by atoms with Gasteiger partial charge in [0.1, 0.15) is 0 Å². The molecule has 2 nitrogen and oxygen atoms in total. The molecule has 2 aromatic carbocycles. The number of thiophene rings is 1. The van der Waals surface area contributed by atoms with Gasteiger partial charge in [-0.05, 0) is 29.3 Å². The first-order valence-corrected chi connectivity index (χ1v) is 9.75. The molecular weight excluding hydrogens is 383 g/mol. The van der Waals surface area contributed by atoms with Gasteiger partial charge in [0.25, 0.3) is 0 Å². The lowest BCUT2D eigenvalue weighted by molar-refractivity contribution is -0.137. The predicted molar refractivity (Wildman–Crippen MR) is 107 cm³/mol. The summed E-state index contributed by atoms with van der Waals surface area (Å²) in [5.41, 5.74) is 1.77. The van der Waals surface area contributed by atoms with Gasteiger partial charge in [-0.3, -0.25) is 4.79 Å². The maximum Gasteiger partial charge on any atom is 0.416 e. The molecule has 0 saturated heterocycles. The highest BCUT2D eigenvalue weighted by Gasteiger charge is 2.30. The van der Waals surface area contributed by atoms with Crippen molar-refractivity contribution in [2.24, 2.45) is 5.92 Å². The summed E-state index contributed by atoms with van der Waals surface area (Å²) >= 11 is 1.53. The molecular formula is C22H20F3NOS. The Hall–Kier alpha value is -2.60. The van der Waals surface area contributed by atoms with Crippen LogP contribution in [-0.2, 0) is 17.5 Å². The molecule has 0 radical (unpaired) electrons. The minimum atomic E-state index is -4.37. The maximum absolute atomic E-state index is 12.8. The van der Waals surface area contributed by atoms with E-state index in [4.69, 9.17) is 0 Å². The van der Waals surface area contributed by atoms with Crippen molar-refractivity contribution in [3.63, 3.8) is 0 Å². The number of benzene rings is 2. The largest absolute Gasteiger partial charge is 0.416 e. The topological polar surface area (TPSA) is 20.3 Å². The molecule has 0 bridgehead atoms. The van der Waals surface area contributed by atoms with Gasteiger partial charge in [0.2, 0.25) is 5.91 Å². The maximum atomic E-state index is 12.8. The van der Waals surface area contributed by atoms with Gasteiger partial charge in [-0.25, -0.2) is 0 Å². The zero-order chi connectivity index (χ0) is 20.3. The molecule has 3 aromatic rings. The summed E-state index contributed by atoms with van der Waals surface area (Å²) in [7, 11) is 0. The number of rotatable bonds is 5. The molecule has 146 valence electrons. The van der Waals surface area contributed by atoms with Crippen molar-refractivity contribution >= 4 is 22.9 Å². The van der Waals surface area contributed by atoms with Crippen molar-refractivity contribution in [2.75, 3.05) is 4.90 Å². The molecule has 0 N–H and O–H groups in total. The summed E-state index contributed by atoms with van der Waals surface area (Å²) in [6.45, 7) is 3.85. The summed E-state index contributed by atoms with van der Waals surface area (Å²) in [4.78, 5) is 15.4. The lowest BCUT2D eigenvalue weighted by Gasteiger charge is -2.24. The third-order valence-electron chi connectivity index (χ3n) is 4.34. The van der Waals surface area contributed by atoms with E-state index in [0.29, 0.717) is 5.56 Å². The van der Waals surface area contributed by atoms with E-state index < -0.39 is 11.7 Å². The number of hydrogen-bond acceptors (Lipinski definition) is 2. The summed E-state index contributed by atoms with van der Waals surface area (Å²) in [5.74, 6) is -0.299. The second kappa shape index (κ2) is 8.19. The van der Waals surface area contributed by atoms with Gasteiger partial charge in [-0.1, -0.05) is 56.3 Å². The Morgan fingerprint density at radius 2 is 1.68 bits per heavy atom. The second-order valence-electron chi connectivity index (χ2n) is 6.81. The minimum Gasteiger partial charge on any atom is -0.307 e. The van der Waals surface area contributed by atoms with Crippen LogP contribution in [0, 0.1) is 5.92 Å². The van der Waals surface area contributed by atoms with E-state index in [2.05, 4.69) is 0 Å². The highest BCUT2D eigenvalue weighted by Crippen LogP contribution is 2.34. The van der Waals surface area contributed by atoms with E-state index >= 15 is 0 Å². The number of carbonyl (C=O) groups excluding carboxylic acids is 1. The van der Waals surface area contributed by atoms with Crippen molar-refractivity contribution in [1.82, 2.24) is 0 Å². The van der Waals surface area contributed by atoms with E-state index in [0.717, 1.165) is 28.3 Å². The highest BCUT2D eigenvalue weighted by atomic mass is 32.1. The predicted octanol–water partition coefficient (Wildman–Crippen LogP) is 6.62. The molecule has 0 aliphatic heterocycles. The van der Waals surface area contributed by atoms with Crippen molar-refractivity contribution in [3.05, 3.63) is 77.2 Å². The molecule has 0 aliphatic carbocycles. The van der Waals surface area contributed by atoms with Crippen LogP contribution in [-0.4, -0.2) is 5.91 Å². The van der Waals surface area contributed by atoms with E-state index in [9.17, 15) is 18.0 Å². The standard InChI is InChI=1S/C22H20F3NOS/c1-15(2)21(27)26(13-16-8-10-18(11-9-16)22(23,24)25)19-12-20(28-14-19)17-6-4-3-5-7-17/h3-12,14-15H,13H2,1-2H3. The van der Waals surface area contributed by atoms with Gasteiger partial charge in [0.05, 0.1) is 17.8 Å². The summed E-state index contributed by atoms with van der Waals surface area (Å²) in [6, 6.07) is 16.7. The van der Waals surface area contributed by atoms with Crippen LogP contribution in [0.2, 0.25) is 0 Å². The van der Waals surface area contributed by atoms with Crippen LogP contribution >= 0.6 is 11.3 Å². The number of nitrogens with zero attached hydrogens (tertiary/aromatic N) is 1. The lowest BCUT2D eigenvalue weighted by Crippen LogP contribution is -2.33. The fourth-order valence-electron chi connectivity index (χ4n) is 2.81. The van der Waals surface area contributed by atoms with Crippen LogP contribution in [0.15, 0.2) is 66.0 Å². The zero-order valence-electron chi connectivity index (χ0n) is 15.5. The smallest absolute Gasteiger partial charge is 0.307 e. The fourth-order valence-corrected chi connectivity index (χ4v) is 3.72. The third-order valence-corrected chi connectivity index (χ3v) is 5.30. The Bertz CT molecular complexity index is 930. The number of halogens is 3. The summed E-state index contributed by atoms with van der Waals surface area (Å²) in [6.07, 6.45) is -4.37. The molecule has 0 spiro atoms. The average molecular weight is 403 g/mol. The molecule has 0 aliphatic rings. The van der Waals surface area contributed by atoms with Crippen LogP contribution in [0.1, 0.15) is 25.0 Å². The average Bonchev–Trinajstić information content (AvgIpc) is 3.16. The van der Waals surface area contributed by atoms with Gasteiger partial charge in [0, 0.05) is 16.2 Å². The van der Waals surface area contributed by atoms with Crippen LogP contribution in [0.4, 0.5) is 18.9 Å². The Labute approximate surface area is 166 Å². The molecule has 0 fully saturated rings. The minimum absolute atomic E-state index is 0.0719. The second-order valence-corrected chi connectivity index (χ2v) is 7.72. The quantitative estimate of drug-likeness (QED) is 0.469. The number of amides is 1. The van der Waals surface area contributed by atoms with Gasteiger partial charge < -0.3 is 4.90 Å². The van der Waals surface area contributed by atoms with Crippen LogP contribution in [0.5, 0.6) is 0 Å². The van der Waals surface area contributed by atoms with E-state index in [-0.39, 0.29) is 18.4 Å². The Kier molecular flexibility index (Phi) is 5.89. The van der Waals surface area contributed by atoms with Crippen molar-refractivity contribution in [1.29, 1.82) is 0 Å². The van der Waals surface area contributed by atoms with E-state index in [1.165, 1.54) is 23.5 Å². The normalized spacial score (nSPS) is 11.6. The molecule has 1 heterocycles. The Morgan fingerprint density at radius 1 is 1.04 bits per heavy atom. The zero-order valence-corrected chi connectivity index (χ0v) is 16.3. The molecule has 1 aromatic heterocycles. The van der Waals surface area contributed by atoms with Crippen LogP contribution in [0.25, 0.3) is 10.4 Å². The van der Waals surface area contributed by atoms with Gasteiger partial charge in [-0.15, -0.1) is 11.3 Å². The molecule has 0 atom stereocenters. The first kappa shape index (κ1) is 20.1. The SMILES string of the molecule is CC(C)C(=O)N(Cc1ccc(C(F)(F)F)cc1)c1csc(-c2ccccc2)c1. The molecule has 0 unspecified atom stereocenters. The number of carbonyl (C=O) groups is 1. The van der Waals surface area contributed by atoms with Crippen LogP contribution in [0.3, 0.4) is 0 Å². The lowest BCUT2D eigenvalue weighted by atomic mass is 10.1. The van der Waals surface area contributed by atoms with Gasteiger partial charge in [-0.2, -0.15) is 13.2 Å². The summed E-state index contributed by atoms with van der Waals surface area (Å²) in [5, 5.41) is 1.91. The van der Waals surface area contributed by atoms with Crippen LogP contribution < -0.4 is 4.90 Å². The highest BCUT2D eigenvalue weighted by molar-refractivity contribution is 7.14. The molecule has 3 rings (SSSR count). The third kappa shape index (κ3) is 4.62. The van der Waals surface area contributed by atoms with Crippen molar-refractivity contribution in [3.8, 4) is 10.4 Å². The summed E-state index contributed by atoms with van der Waals surface area (Å²) < 4.78 is 38.3. The van der Waals surface area contributed by atoms with Gasteiger partial charge in [0.15, 0.2) is 0 Å². The fraction of sp³-hybridized carbons (Fsp3) is 0.227.